The van der Waals surface area contributed by atoms with Crippen molar-refractivity contribution >= 4 is 0 Å². The van der Waals surface area contributed by atoms with E-state index >= 15 is 0 Å². The first-order valence-electron chi connectivity index (χ1n) is 14.2. The molecule has 0 amide bonds. The van der Waals surface area contributed by atoms with E-state index in [1.54, 1.807) is 0 Å². The molecule has 7 atom stereocenters. The van der Waals surface area contributed by atoms with Crippen molar-refractivity contribution in [1.82, 2.24) is 0 Å². The van der Waals surface area contributed by atoms with Crippen LogP contribution in [0.25, 0.3) is 0 Å². The largest absolute Gasteiger partial charge is 0.390 e. The Morgan fingerprint density at radius 2 is 1.74 bits per heavy atom. The van der Waals surface area contributed by atoms with Crippen molar-refractivity contribution in [3.05, 3.63) is 11.6 Å². The fourth-order valence-corrected chi connectivity index (χ4v) is 9.68. The van der Waals surface area contributed by atoms with Gasteiger partial charge in [-0.1, -0.05) is 65.5 Å². The van der Waals surface area contributed by atoms with Crippen LogP contribution in [-0.4, -0.2) is 10.7 Å². The van der Waals surface area contributed by atoms with E-state index in [1.165, 1.54) is 64.2 Å². The van der Waals surface area contributed by atoms with Crippen molar-refractivity contribution < 1.29 is 5.11 Å². The van der Waals surface area contributed by atoms with E-state index in [0.29, 0.717) is 10.8 Å². The van der Waals surface area contributed by atoms with E-state index in [2.05, 4.69) is 40.7 Å². The molecule has 4 rings (SSSR count). The molecule has 1 heteroatoms. The number of aliphatic hydroxyl groups is 1. The minimum absolute atomic E-state index is 0.408. The molecule has 0 radical (unpaired) electrons. The lowest BCUT2D eigenvalue weighted by Gasteiger charge is -2.58. The van der Waals surface area contributed by atoms with Crippen molar-refractivity contribution in [2.45, 2.75) is 137 Å². The van der Waals surface area contributed by atoms with Gasteiger partial charge in [0.1, 0.15) is 0 Å². The van der Waals surface area contributed by atoms with Gasteiger partial charge in [0.2, 0.25) is 0 Å². The zero-order valence-corrected chi connectivity index (χ0v) is 21.5. The Hall–Kier alpha value is -0.300. The van der Waals surface area contributed by atoms with E-state index < -0.39 is 5.60 Å². The average Bonchev–Trinajstić information content (AvgIpc) is 3.09. The number of hydrogen-bond acceptors (Lipinski definition) is 1. The van der Waals surface area contributed by atoms with Gasteiger partial charge >= 0.3 is 0 Å². The first-order valence-corrected chi connectivity index (χ1v) is 14.2. The Labute approximate surface area is 193 Å². The molecule has 0 saturated heterocycles. The van der Waals surface area contributed by atoms with E-state index in [4.69, 9.17) is 0 Å². The Morgan fingerprint density at radius 1 is 1.00 bits per heavy atom. The summed E-state index contributed by atoms with van der Waals surface area (Å²) in [7, 11) is 0. The van der Waals surface area contributed by atoms with Crippen LogP contribution in [0.5, 0.6) is 0 Å². The molecule has 3 saturated carbocycles. The normalized spacial score (nSPS) is 41.2. The highest BCUT2D eigenvalue weighted by Crippen LogP contribution is 2.67. The predicted octanol–water partition coefficient (Wildman–Crippen LogP) is 8.70. The summed E-state index contributed by atoms with van der Waals surface area (Å²) in [5.74, 6) is 4.47. The molecular formula is C30H52O. The second kappa shape index (κ2) is 9.15. The van der Waals surface area contributed by atoms with Crippen LogP contribution in [0, 0.1) is 40.4 Å². The van der Waals surface area contributed by atoms with Crippen LogP contribution in [0.15, 0.2) is 11.6 Å². The Morgan fingerprint density at radius 3 is 2.45 bits per heavy atom. The second-order valence-electron chi connectivity index (χ2n) is 12.9. The van der Waals surface area contributed by atoms with Crippen molar-refractivity contribution in [2.24, 2.45) is 40.4 Å². The maximum Gasteiger partial charge on any atom is 0.0647 e. The van der Waals surface area contributed by atoms with Crippen molar-refractivity contribution in [3.8, 4) is 0 Å². The SMILES string of the molecule is CCCC(O)(CCC)CCC(C)C1CCC2C3CC=C4CCCCC4(C)C3CCC12C. The highest BCUT2D eigenvalue weighted by Gasteiger charge is 2.58. The molecule has 1 N–H and O–H groups in total. The van der Waals surface area contributed by atoms with Crippen LogP contribution in [-0.2, 0) is 0 Å². The Balaban J connectivity index is 1.45. The summed E-state index contributed by atoms with van der Waals surface area (Å²) in [6.07, 6.45) is 22.1. The molecule has 0 bridgehead atoms. The summed E-state index contributed by atoms with van der Waals surface area (Å²) in [4.78, 5) is 0. The second-order valence-corrected chi connectivity index (χ2v) is 12.9. The van der Waals surface area contributed by atoms with E-state index in [1.807, 2.05) is 5.57 Å². The zero-order valence-electron chi connectivity index (χ0n) is 21.5. The lowest BCUT2D eigenvalue weighted by molar-refractivity contribution is -0.0532. The zero-order chi connectivity index (χ0) is 22.3. The van der Waals surface area contributed by atoms with Crippen LogP contribution in [0.4, 0.5) is 0 Å². The predicted molar refractivity (Wildman–Crippen MR) is 133 cm³/mol. The van der Waals surface area contributed by atoms with Gasteiger partial charge in [0.05, 0.1) is 5.60 Å². The van der Waals surface area contributed by atoms with Gasteiger partial charge in [0.15, 0.2) is 0 Å². The minimum atomic E-state index is -0.408. The molecule has 1 nitrogen and oxygen atoms in total. The molecule has 31 heavy (non-hydrogen) atoms. The fourth-order valence-electron chi connectivity index (χ4n) is 9.68. The van der Waals surface area contributed by atoms with E-state index in [9.17, 15) is 5.11 Å². The van der Waals surface area contributed by atoms with Crippen molar-refractivity contribution in [1.29, 1.82) is 0 Å². The van der Waals surface area contributed by atoms with Crippen LogP contribution in [0.2, 0.25) is 0 Å². The topological polar surface area (TPSA) is 20.2 Å². The van der Waals surface area contributed by atoms with Gasteiger partial charge in [0.25, 0.3) is 0 Å². The summed E-state index contributed by atoms with van der Waals surface area (Å²) >= 11 is 0. The number of fused-ring (bicyclic) bond motifs is 5. The minimum Gasteiger partial charge on any atom is -0.390 e. The average molecular weight is 429 g/mol. The third-order valence-electron chi connectivity index (χ3n) is 11.3. The molecule has 178 valence electrons. The van der Waals surface area contributed by atoms with Gasteiger partial charge in [0, 0.05) is 0 Å². The van der Waals surface area contributed by atoms with Gasteiger partial charge in [-0.05, 0) is 117 Å². The smallest absolute Gasteiger partial charge is 0.0647 e. The molecule has 4 aliphatic rings. The Bertz CT molecular complexity index is 643. The maximum atomic E-state index is 11.2. The lowest BCUT2D eigenvalue weighted by Crippen LogP contribution is -2.50. The quantitative estimate of drug-likeness (QED) is 0.383. The number of allylic oxidation sites excluding steroid dienone is 2. The molecule has 0 spiro atoms. The third-order valence-corrected chi connectivity index (χ3v) is 11.3. The molecule has 3 fully saturated rings. The number of hydrogen-bond donors (Lipinski definition) is 1. The molecule has 0 aromatic rings. The standard InChI is InChI=1S/C30H52O/c1-6-17-30(31,18-7-2)21-15-22(3)25-13-14-26-24-12-11-23-10-8-9-19-28(23,4)27(24)16-20-29(25,26)5/h11,22,24-27,31H,6-10,12-21H2,1-5H3. The maximum absolute atomic E-state index is 11.2. The molecule has 0 heterocycles. The summed E-state index contributed by atoms with van der Waals surface area (Å²) in [6.45, 7) is 12.3. The summed E-state index contributed by atoms with van der Waals surface area (Å²) < 4.78 is 0. The fraction of sp³-hybridized carbons (Fsp3) is 0.933. The monoisotopic (exact) mass is 428 g/mol. The summed E-state index contributed by atoms with van der Waals surface area (Å²) in [5.41, 5.74) is 2.51. The first-order chi connectivity index (χ1) is 14.8. The molecular weight excluding hydrogens is 376 g/mol. The molecule has 4 aliphatic carbocycles. The van der Waals surface area contributed by atoms with Crippen LogP contribution >= 0.6 is 0 Å². The highest BCUT2D eigenvalue weighted by molar-refractivity contribution is 5.24. The van der Waals surface area contributed by atoms with Crippen molar-refractivity contribution in [2.75, 3.05) is 0 Å². The first kappa shape index (κ1) is 23.8. The van der Waals surface area contributed by atoms with E-state index in [0.717, 1.165) is 61.7 Å². The van der Waals surface area contributed by atoms with Crippen LogP contribution < -0.4 is 0 Å². The summed E-state index contributed by atoms with van der Waals surface area (Å²) in [6, 6.07) is 0. The van der Waals surface area contributed by atoms with Gasteiger partial charge in [-0.15, -0.1) is 0 Å². The van der Waals surface area contributed by atoms with Gasteiger partial charge in [-0.2, -0.15) is 0 Å². The van der Waals surface area contributed by atoms with Gasteiger partial charge in [-0.3, -0.25) is 0 Å². The molecule has 7 unspecified atom stereocenters. The van der Waals surface area contributed by atoms with Gasteiger partial charge in [-0.25, -0.2) is 0 Å². The third kappa shape index (κ3) is 4.20. The molecule has 0 aromatic heterocycles. The van der Waals surface area contributed by atoms with Crippen LogP contribution in [0.3, 0.4) is 0 Å². The summed E-state index contributed by atoms with van der Waals surface area (Å²) in [5, 5.41) is 11.2. The molecule has 0 aromatic carbocycles. The van der Waals surface area contributed by atoms with Crippen molar-refractivity contribution in [3.63, 3.8) is 0 Å². The lowest BCUT2D eigenvalue weighted by atomic mass is 9.47. The number of rotatable bonds is 8. The molecule has 0 aliphatic heterocycles. The Kier molecular flexibility index (Phi) is 7.04. The van der Waals surface area contributed by atoms with E-state index in [-0.39, 0.29) is 0 Å². The van der Waals surface area contributed by atoms with Gasteiger partial charge < -0.3 is 5.11 Å². The van der Waals surface area contributed by atoms with Crippen LogP contribution in [0.1, 0.15) is 131 Å². The highest BCUT2D eigenvalue weighted by atomic mass is 16.3.